The summed E-state index contributed by atoms with van der Waals surface area (Å²) >= 11 is 0. The van der Waals surface area contributed by atoms with Crippen LogP contribution in [0, 0.1) is 0 Å². The highest BCUT2D eigenvalue weighted by Gasteiger charge is 2.38. The van der Waals surface area contributed by atoms with Gasteiger partial charge < -0.3 is 0 Å². The Morgan fingerprint density at radius 2 is 1.23 bits per heavy atom. The van der Waals surface area contributed by atoms with E-state index in [-0.39, 0.29) is 0 Å². The van der Waals surface area contributed by atoms with Crippen molar-refractivity contribution in [1.29, 1.82) is 0 Å². The topological polar surface area (TPSA) is 30.7 Å². The first kappa shape index (κ1) is 28.6. The lowest BCUT2D eigenvalue weighted by atomic mass is 9.37. The number of aromatic nitrogens is 3. The van der Waals surface area contributed by atoms with Gasteiger partial charge in [-0.15, -0.1) is 0 Å². The second kappa shape index (κ2) is 13.7. The van der Waals surface area contributed by atoms with Gasteiger partial charge >= 0.3 is 0 Å². The van der Waals surface area contributed by atoms with E-state index in [0.717, 1.165) is 12.2 Å². The summed E-state index contributed by atoms with van der Waals surface area (Å²) in [6.45, 7) is 2.81. The SMILES string of the molecule is CCc1cccc([Si]C(c2ccccc2)(c2ccccc2)n2cncn2)c1.c1ccc(B(c2ccccc2)C2CC2)cc1. The Hall–Kier alpha value is -4.48. The first-order valence-corrected chi connectivity index (χ1v) is 16.2. The van der Waals surface area contributed by atoms with Crippen molar-refractivity contribution in [3.63, 3.8) is 0 Å². The molecular formula is C38H36BN3Si. The molecule has 0 aliphatic heterocycles. The normalized spacial score (nSPS) is 12.7. The zero-order valence-corrected chi connectivity index (χ0v) is 25.6. The van der Waals surface area contributed by atoms with Gasteiger partial charge in [0.15, 0.2) is 0 Å². The maximum Gasteiger partial charge on any atom is 0.212 e. The van der Waals surface area contributed by atoms with Gasteiger partial charge in [0.2, 0.25) is 6.71 Å². The molecular weight excluding hydrogens is 537 g/mol. The Labute approximate surface area is 258 Å². The van der Waals surface area contributed by atoms with Crippen LogP contribution in [0.2, 0.25) is 5.82 Å². The van der Waals surface area contributed by atoms with Crippen LogP contribution in [0.5, 0.6) is 0 Å². The molecule has 43 heavy (non-hydrogen) atoms. The largest absolute Gasteiger partial charge is 0.241 e. The summed E-state index contributed by atoms with van der Waals surface area (Å²) in [5, 5.41) is 5.48. The van der Waals surface area contributed by atoms with Gasteiger partial charge in [-0.2, -0.15) is 5.10 Å². The van der Waals surface area contributed by atoms with Crippen LogP contribution >= 0.6 is 0 Å². The first-order chi connectivity index (χ1) is 21.3. The molecule has 1 aromatic heterocycles. The molecule has 210 valence electrons. The van der Waals surface area contributed by atoms with Crippen LogP contribution in [0.15, 0.2) is 158 Å². The van der Waals surface area contributed by atoms with Crippen molar-refractivity contribution in [1.82, 2.24) is 14.8 Å². The summed E-state index contributed by atoms with van der Waals surface area (Å²) in [5.41, 5.74) is 6.71. The number of aryl methyl sites for hydroxylation is 1. The molecule has 1 aliphatic rings. The summed E-state index contributed by atoms with van der Waals surface area (Å²) in [6, 6.07) is 51.9. The Kier molecular flexibility index (Phi) is 9.10. The van der Waals surface area contributed by atoms with Crippen molar-refractivity contribution >= 4 is 32.3 Å². The number of benzene rings is 5. The molecule has 0 amide bonds. The monoisotopic (exact) mass is 573 g/mol. The molecule has 5 heteroatoms. The minimum Gasteiger partial charge on any atom is -0.241 e. The Balaban J connectivity index is 0.000000174. The number of nitrogens with zero attached hydrogens (tertiary/aromatic N) is 3. The number of hydrogen-bond acceptors (Lipinski definition) is 2. The molecule has 5 aromatic carbocycles. The predicted octanol–water partition coefficient (Wildman–Crippen LogP) is 6.08. The van der Waals surface area contributed by atoms with Gasteiger partial charge in [-0.1, -0.05) is 187 Å². The van der Waals surface area contributed by atoms with Crippen molar-refractivity contribution in [2.45, 2.75) is 37.2 Å². The fourth-order valence-electron chi connectivity index (χ4n) is 5.94. The Morgan fingerprint density at radius 1 is 0.698 bits per heavy atom. The summed E-state index contributed by atoms with van der Waals surface area (Å²) in [4.78, 5) is 4.27. The van der Waals surface area contributed by atoms with Crippen molar-refractivity contribution in [2.75, 3.05) is 0 Å². The van der Waals surface area contributed by atoms with E-state index in [4.69, 9.17) is 0 Å². The van der Waals surface area contributed by atoms with Crippen molar-refractivity contribution in [3.05, 3.63) is 175 Å². The molecule has 1 saturated carbocycles. The van der Waals surface area contributed by atoms with E-state index in [2.05, 4.69) is 163 Å². The highest BCUT2D eigenvalue weighted by atomic mass is 28.2. The summed E-state index contributed by atoms with van der Waals surface area (Å²) in [6.07, 6.45) is 7.25. The van der Waals surface area contributed by atoms with Gasteiger partial charge in [-0.25, -0.2) is 9.67 Å². The molecule has 0 atom stereocenters. The van der Waals surface area contributed by atoms with Gasteiger partial charge in [-0.05, 0) is 23.1 Å². The van der Waals surface area contributed by atoms with Crippen LogP contribution in [0.25, 0.3) is 0 Å². The molecule has 1 heterocycles. The highest BCUT2D eigenvalue weighted by Crippen LogP contribution is 2.38. The highest BCUT2D eigenvalue weighted by molar-refractivity contribution is 6.86. The van der Waals surface area contributed by atoms with Crippen molar-refractivity contribution in [3.8, 4) is 0 Å². The molecule has 7 rings (SSSR count). The molecule has 0 unspecified atom stereocenters. The van der Waals surface area contributed by atoms with Gasteiger partial charge in [0.05, 0.1) is 0 Å². The Morgan fingerprint density at radius 3 is 1.70 bits per heavy atom. The standard InChI is InChI=1S/C23H21N3Si.C15H15B/c1-2-19-10-9-15-22(16-19)27-23(26-18-24-17-25-26,20-11-5-3-6-12-20)21-13-7-4-8-14-21;1-3-7-13(8-4-1)16(15-11-12-15)14-9-5-2-6-10-14/h3-18H,2H2,1H3;1-10,15H,11-12H2. The first-order valence-electron chi connectivity index (χ1n) is 15.2. The van der Waals surface area contributed by atoms with Crippen molar-refractivity contribution < 1.29 is 0 Å². The van der Waals surface area contributed by atoms with Gasteiger partial charge in [0.25, 0.3) is 0 Å². The maximum absolute atomic E-state index is 4.59. The zero-order chi connectivity index (χ0) is 29.3. The molecule has 1 aliphatic carbocycles. The quantitative estimate of drug-likeness (QED) is 0.196. The van der Waals surface area contributed by atoms with E-state index in [9.17, 15) is 0 Å². The fourth-order valence-corrected chi connectivity index (χ4v) is 7.64. The predicted molar refractivity (Wildman–Crippen MR) is 181 cm³/mol. The lowest BCUT2D eigenvalue weighted by Gasteiger charge is -2.35. The second-order valence-corrected chi connectivity index (χ2v) is 12.6. The molecule has 1 fully saturated rings. The Bertz CT molecular complexity index is 1590. The minimum absolute atomic E-state index is 0.425. The molecule has 0 spiro atoms. The van der Waals surface area contributed by atoms with E-state index in [1.165, 1.54) is 45.6 Å². The van der Waals surface area contributed by atoms with Crippen LogP contribution in [0.4, 0.5) is 0 Å². The lowest BCUT2D eigenvalue weighted by molar-refractivity contribution is 0.527. The van der Waals surface area contributed by atoms with Crippen LogP contribution < -0.4 is 16.1 Å². The van der Waals surface area contributed by atoms with E-state index in [1.54, 1.807) is 6.33 Å². The van der Waals surface area contributed by atoms with Gasteiger partial charge in [0.1, 0.15) is 27.3 Å². The lowest BCUT2D eigenvalue weighted by Crippen LogP contribution is -2.47. The average molecular weight is 574 g/mol. The summed E-state index contributed by atoms with van der Waals surface area (Å²) in [7, 11) is 0.475. The van der Waals surface area contributed by atoms with Gasteiger partial charge in [-0.3, -0.25) is 0 Å². The van der Waals surface area contributed by atoms with E-state index in [1.807, 2.05) is 11.0 Å². The third-order valence-electron chi connectivity index (χ3n) is 8.22. The second-order valence-electron chi connectivity index (χ2n) is 11.1. The molecule has 6 aromatic rings. The van der Waals surface area contributed by atoms with Crippen LogP contribution in [0.3, 0.4) is 0 Å². The smallest absolute Gasteiger partial charge is 0.212 e. The number of hydrogen-bond donors (Lipinski definition) is 0. The molecule has 2 radical (unpaired) electrons. The zero-order valence-electron chi connectivity index (χ0n) is 24.6. The number of rotatable bonds is 9. The van der Waals surface area contributed by atoms with E-state index < -0.39 is 5.16 Å². The summed E-state index contributed by atoms with van der Waals surface area (Å²) < 4.78 is 2.01. The van der Waals surface area contributed by atoms with Crippen LogP contribution in [-0.4, -0.2) is 31.0 Å². The third-order valence-corrected chi connectivity index (χ3v) is 9.98. The van der Waals surface area contributed by atoms with Crippen molar-refractivity contribution in [2.24, 2.45) is 0 Å². The molecule has 0 N–H and O–H groups in total. The van der Waals surface area contributed by atoms with E-state index >= 15 is 0 Å². The summed E-state index contributed by atoms with van der Waals surface area (Å²) in [5.74, 6) is 0.866. The molecule has 0 saturated heterocycles. The molecule has 0 bridgehead atoms. The average Bonchev–Trinajstić information content (AvgIpc) is 3.76. The third kappa shape index (κ3) is 6.63. The minimum atomic E-state index is -0.425. The molecule has 3 nitrogen and oxygen atoms in total. The van der Waals surface area contributed by atoms with Gasteiger partial charge in [0, 0.05) is 0 Å². The maximum atomic E-state index is 4.59. The van der Waals surface area contributed by atoms with Crippen LogP contribution in [0.1, 0.15) is 36.5 Å². The fraction of sp³-hybridized carbons (Fsp3) is 0.158. The van der Waals surface area contributed by atoms with Crippen LogP contribution in [-0.2, 0) is 11.6 Å². The van der Waals surface area contributed by atoms with E-state index in [0.29, 0.717) is 16.2 Å².